The molecular weight excluding hydrogens is 234 g/mol. The molecule has 0 spiro atoms. The van der Waals surface area contributed by atoms with E-state index in [9.17, 15) is 13.2 Å². The minimum absolute atomic E-state index is 0.0926. The maximum absolute atomic E-state index is 11.7. The Morgan fingerprint density at radius 1 is 1.50 bits per heavy atom. The van der Waals surface area contributed by atoms with E-state index in [1.807, 2.05) is 0 Å². The van der Waals surface area contributed by atoms with Gasteiger partial charge in [-0.1, -0.05) is 6.58 Å². The van der Waals surface area contributed by atoms with Crippen molar-refractivity contribution in [3.05, 3.63) is 12.7 Å². The van der Waals surface area contributed by atoms with Crippen molar-refractivity contribution in [2.75, 3.05) is 26.5 Å². The van der Waals surface area contributed by atoms with Gasteiger partial charge in [-0.05, 0) is 26.6 Å². The van der Waals surface area contributed by atoms with E-state index in [0.717, 1.165) is 6.08 Å². The number of hydrogen-bond donors (Lipinski definition) is 2. The van der Waals surface area contributed by atoms with Crippen LogP contribution in [0.5, 0.6) is 0 Å². The molecule has 0 heterocycles. The van der Waals surface area contributed by atoms with Crippen molar-refractivity contribution in [3.8, 4) is 0 Å². The molecule has 0 aromatic rings. The SMILES string of the molecule is C=CC(=O)C(CCO)(CS(=O)(=O)O)N(C)C. The van der Waals surface area contributed by atoms with Gasteiger partial charge in [0.1, 0.15) is 11.3 Å². The van der Waals surface area contributed by atoms with Crippen molar-refractivity contribution in [2.24, 2.45) is 0 Å². The zero-order valence-electron chi connectivity index (χ0n) is 9.38. The minimum atomic E-state index is -4.33. The lowest BCUT2D eigenvalue weighted by atomic mass is 9.91. The highest BCUT2D eigenvalue weighted by molar-refractivity contribution is 7.85. The van der Waals surface area contributed by atoms with Crippen LogP contribution in [0.2, 0.25) is 0 Å². The van der Waals surface area contributed by atoms with E-state index in [0.29, 0.717) is 0 Å². The Kier molecular flexibility index (Phi) is 5.27. The Labute approximate surface area is 95.3 Å². The Hall–Kier alpha value is -0.760. The molecule has 0 aliphatic carbocycles. The second-order valence-corrected chi connectivity index (χ2v) is 5.15. The van der Waals surface area contributed by atoms with Crippen LogP contribution in [0.1, 0.15) is 6.42 Å². The summed E-state index contributed by atoms with van der Waals surface area (Å²) in [5, 5.41) is 8.90. The molecule has 0 saturated heterocycles. The summed E-state index contributed by atoms with van der Waals surface area (Å²) in [4.78, 5) is 13.1. The first-order valence-electron chi connectivity index (χ1n) is 4.60. The van der Waals surface area contributed by atoms with Gasteiger partial charge < -0.3 is 5.11 Å². The molecule has 0 fully saturated rings. The number of aliphatic hydroxyl groups is 1. The smallest absolute Gasteiger partial charge is 0.267 e. The molecule has 6 nitrogen and oxygen atoms in total. The van der Waals surface area contributed by atoms with Crippen LogP contribution in [0.15, 0.2) is 12.7 Å². The predicted octanol–water partition coefficient (Wildman–Crippen LogP) is -0.688. The highest BCUT2D eigenvalue weighted by atomic mass is 32.2. The molecular formula is C9H17NO5S. The lowest BCUT2D eigenvalue weighted by Crippen LogP contribution is -2.55. The molecule has 0 aromatic heterocycles. The summed E-state index contributed by atoms with van der Waals surface area (Å²) in [5.74, 6) is -1.32. The normalized spacial score (nSPS) is 15.8. The van der Waals surface area contributed by atoms with Gasteiger partial charge in [-0.15, -0.1) is 0 Å². The van der Waals surface area contributed by atoms with Crippen molar-refractivity contribution in [3.63, 3.8) is 0 Å². The van der Waals surface area contributed by atoms with E-state index in [4.69, 9.17) is 9.66 Å². The van der Waals surface area contributed by atoms with E-state index in [1.165, 1.54) is 19.0 Å². The van der Waals surface area contributed by atoms with E-state index >= 15 is 0 Å². The molecule has 2 N–H and O–H groups in total. The number of hydrogen-bond acceptors (Lipinski definition) is 5. The van der Waals surface area contributed by atoms with E-state index in [2.05, 4.69) is 6.58 Å². The molecule has 16 heavy (non-hydrogen) atoms. The van der Waals surface area contributed by atoms with Crippen molar-refractivity contribution < 1.29 is 22.9 Å². The summed E-state index contributed by atoms with van der Waals surface area (Å²) < 4.78 is 30.7. The fourth-order valence-corrected chi connectivity index (χ4v) is 2.66. The van der Waals surface area contributed by atoms with E-state index < -0.39 is 27.2 Å². The molecule has 0 saturated carbocycles. The van der Waals surface area contributed by atoms with Crippen LogP contribution < -0.4 is 0 Å². The van der Waals surface area contributed by atoms with Crippen LogP contribution >= 0.6 is 0 Å². The van der Waals surface area contributed by atoms with Gasteiger partial charge in [-0.25, -0.2) is 0 Å². The molecule has 1 atom stereocenters. The largest absolute Gasteiger partial charge is 0.396 e. The van der Waals surface area contributed by atoms with Crippen LogP contribution in [-0.2, 0) is 14.9 Å². The van der Waals surface area contributed by atoms with Crippen LogP contribution in [-0.4, -0.2) is 60.8 Å². The molecule has 94 valence electrons. The summed E-state index contributed by atoms with van der Waals surface area (Å²) >= 11 is 0. The third-order valence-corrected chi connectivity index (χ3v) is 3.29. The topological polar surface area (TPSA) is 94.9 Å². The summed E-state index contributed by atoms with van der Waals surface area (Å²) in [6.07, 6.45) is 0.894. The Morgan fingerprint density at radius 2 is 2.00 bits per heavy atom. The zero-order chi connectivity index (χ0) is 13.0. The number of carbonyl (C=O) groups is 1. The Bertz CT molecular complexity index is 362. The van der Waals surface area contributed by atoms with E-state index in [1.54, 1.807) is 0 Å². The first-order chi connectivity index (χ1) is 7.19. The predicted molar refractivity (Wildman–Crippen MR) is 59.7 cm³/mol. The molecule has 0 aliphatic heterocycles. The van der Waals surface area contributed by atoms with Gasteiger partial charge in [0.05, 0.1) is 0 Å². The van der Waals surface area contributed by atoms with Gasteiger partial charge in [0.2, 0.25) is 0 Å². The average Bonchev–Trinajstić information content (AvgIpc) is 2.13. The first-order valence-corrected chi connectivity index (χ1v) is 6.21. The van der Waals surface area contributed by atoms with Gasteiger partial charge >= 0.3 is 0 Å². The summed E-state index contributed by atoms with van der Waals surface area (Å²) in [6.45, 7) is 2.92. The monoisotopic (exact) mass is 251 g/mol. The lowest BCUT2D eigenvalue weighted by Gasteiger charge is -2.36. The molecule has 7 heteroatoms. The van der Waals surface area contributed by atoms with Crippen molar-refractivity contribution >= 4 is 15.9 Å². The number of aliphatic hydroxyl groups excluding tert-OH is 1. The standard InChI is InChI=1S/C9H17NO5S/c1-4-8(12)9(5-6-11,10(2)3)7-16(13,14)15/h4,11H,1,5-7H2,2-3H3,(H,13,14,15). The lowest BCUT2D eigenvalue weighted by molar-refractivity contribution is -0.124. The highest BCUT2D eigenvalue weighted by Gasteiger charge is 2.42. The fourth-order valence-electron chi connectivity index (χ4n) is 1.52. The highest BCUT2D eigenvalue weighted by Crippen LogP contribution is 2.21. The van der Waals surface area contributed by atoms with E-state index in [-0.39, 0.29) is 13.0 Å². The van der Waals surface area contributed by atoms with Crippen LogP contribution in [0.25, 0.3) is 0 Å². The molecule has 0 bridgehead atoms. The maximum Gasteiger partial charge on any atom is 0.267 e. The van der Waals surface area contributed by atoms with Crippen LogP contribution in [0.4, 0.5) is 0 Å². The Morgan fingerprint density at radius 3 is 2.25 bits per heavy atom. The number of likely N-dealkylation sites (N-methyl/N-ethyl adjacent to an activating group) is 1. The average molecular weight is 251 g/mol. The van der Waals surface area contributed by atoms with Crippen LogP contribution in [0.3, 0.4) is 0 Å². The van der Waals surface area contributed by atoms with Gasteiger partial charge in [-0.3, -0.25) is 14.2 Å². The van der Waals surface area contributed by atoms with Crippen molar-refractivity contribution in [1.29, 1.82) is 0 Å². The first kappa shape index (κ1) is 15.2. The molecule has 0 radical (unpaired) electrons. The van der Waals surface area contributed by atoms with Gasteiger partial charge in [-0.2, -0.15) is 8.42 Å². The summed E-state index contributed by atoms with van der Waals surface area (Å²) in [6, 6.07) is 0. The summed E-state index contributed by atoms with van der Waals surface area (Å²) in [5.41, 5.74) is -1.47. The summed E-state index contributed by atoms with van der Waals surface area (Å²) in [7, 11) is -1.32. The Balaban J connectivity index is 5.42. The second-order valence-electron chi connectivity index (χ2n) is 3.69. The molecule has 0 rings (SSSR count). The molecule has 1 unspecified atom stereocenters. The quantitative estimate of drug-likeness (QED) is 0.459. The van der Waals surface area contributed by atoms with Gasteiger partial charge in [0, 0.05) is 6.61 Å². The minimum Gasteiger partial charge on any atom is -0.396 e. The van der Waals surface area contributed by atoms with Crippen molar-refractivity contribution in [1.82, 2.24) is 4.90 Å². The molecule has 0 aromatic carbocycles. The second kappa shape index (κ2) is 5.53. The molecule has 0 amide bonds. The molecule has 0 aliphatic rings. The fraction of sp³-hybridized carbons (Fsp3) is 0.667. The number of carbonyl (C=O) groups excluding carboxylic acids is 1. The van der Waals surface area contributed by atoms with Gasteiger partial charge in [0.25, 0.3) is 10.1 Å². The van der Waals surface area contributed by atoms with Gasteiger partial charge in [0.15, 0.2) is 5.78 Å². The number of rotatable bonds is 7. The van der Waals surface area contributed by atoms with Crippen molar-refractivity contribution in [2.45, 2.75) is 12.0 Å². The van der Waals surface area contributed by atoms with Crippen LogP contribution in [0, 0.1) is 0 Å². The third kappa shape index (κ3) is 3.67. The third-order valence-electron chi connectivity index (χ3n) is 2.45. The number of ketones is 1. The number of nitrogens with zero attached hydrogens (tertiary/aromatic N) is 1. The zero-order valence-corrected chi connectivity index (χ0v) is 10.2. The maximum atomic E-state index is 11.7.